The Morgan fingerprint density at radius 1 is 1.06 bits per heavy atom. The number of carbonyl (C=O) groups is 4. The van der Waals surface area contributed by atoms with Crippen LogP contribution in [0.4, 0.5) is 0 Å². The number of phenols is 2. The smallest absolute Gasteiger partial charge is 0.237 e. The average molecular weight is 715 g/mol. The van der Waals surface area contributed by atoms with Crippen LogP contribution in [0.25, 0.3) is 0 Å². The molecule has 8 N–H and O–H groups in total. The monoisotopic (exact) mass is 714 g/mol. The lowest BCUT2D eigenvalue weighted by molar-refractivity contribution is -0.254. The minimum Gasteiger partial charge on any atom is -0.507 e. The van der Waals surface area contributed by atoms with Crippen molar-refractivity contribution in [3.63, 3.8) is 0 Å². The summed E-state index contributed by atoms with van der Waals surface area (Å²) in [6.45, 7) is -1.78. The molecule has 1 unspecified atom stereocenters. The van der Waals surface area contributed by atoms with Gasteiger partial charge in [0.25, 0.3) is 0 Å². The zero-order valence-electron chi connectivity index (χ0n) is 27.4. The van der Waals surface area contributed by atoms with Crippen LogP contribution in [0, 0.1) is 0 Å². The number of ketones is 3. The van der Waals surface area contributed by atoms with Crippen LogP contribution in [0.15, 0.2) is 30.2 Å². The van der Waals surface area contributed by atoms with Crippen LogP contribution in [-0.2, 0) is 41.7 Å². The van der Waals surface area contributed by atoms with E-state index in [9.17, 15) is 54.9 Å². The predicted molar refractivity (Wildman–Crippen MR) is 169 cm³/mol. The van der Waals surface area contributed by atoms with Crippen LogP contribution in [0.1, 0.15) is 80.3 Å². The molecule has 17 heteroatoms. The molecule has 1 fully saturated rings. The molecule has 2 aromatic rings. The fourth-order valence-electron chi connectivity index (χ4n) is 7.08. The summed E-state index contributed by atoms with van der Waals surface area (Å²) in [6, 6.07) is 3.10. The van der Waals surface area contributed by atoms with Gasteiger partial charge in [0.05, 0.1) is 49.7 Å². The van der Waals surface area contributed by atoms with Crippen molar-refractivity contribution in [2.24, 2.45) is 0 Å². The molecule has 1 amide bonds. The van der Waals surface area contributed by atoms with Crippen LogP contribution in [0.2, 0.25) is 0 Å². The maximum Gasteiger partial charge on any atom is 0.237 e. The number of aromatic hydroxyl groups is 2. The highest BCUT2D eigenvalue weighted by atomic mass is 16.7. The second kappa shape index (κ2) is 14.3. The number of phenolic OH excluding ortho intramolecular Hbond substituents is 2. The summed E-state index contributed by atoms with van der Waals surface area (Å²) in [5.41, 5.74) is -4.22. The first-order valence-electron chi connectivity index (χ1n) is 16.2. The molecule has 0 radical (unpaired) electrons. The van der Waals surface area contributed by atoms with Crippen LogP contribution >= 0.6 is 0 Å². The standard InChI is InChI=1S/C34H38N2O15/c1-48-36(24-7-16(39)5-6-49-24)11-23(42)35-19-8-25(50-14-20(19)40)51-21-10-34(47,22(41)13-38)9-18-27(21)33(46)29-28(31(18)44)30(43)17-4-2-3-15(12-37)26(17)32(29)45/h2-4,14,16,19,21,24-25,37-40,44,46-47H,5-13H2,1H3,(H,35,42)/t16?,19-,21+,24-,25+,34+/m1/s1. The summed E-state index contributed by atoms with van der Waals surface area (Å²) < 4.78 is 17.2. The number of nitrogens with one attached hydrogen (secondary N) is 1. The van der Waals surface area contributed by atoms with E-state index in [4.69, 9.17) is 19.0 Å². The zero-order valence-corrected chi connectivity index (χ0v) is 27.4. The second-order valence-corrected chi connectivity index (χ2v) is 12.8. The van der Waals surface area contributed by atoms with E-state index < -0.39 is 108 Å². The van der Waals surface area contributed by atoms with Crippen molar-refractivity contribution in [3.05, 3.63) is 69.2 Å². The Hall–Kier alpha value is -4.46. The van der Waals surface area contributed by atoms with Gasteiger partial charge in [0, 0.05) is 47.9 Å². The van der Waals surface area contributed by atoms with Crippen molar-refractivity contribution in [2.45, 2.75) is 75.1 Å². The van der Waals surface area contributed by atoms with Crippen molar-refractivity contribution in [2.75, 3.05) is 26.9 Å². The molecular weight excluding hydrogens is 676 g/mol. The Labute approximate surface area is 290 Å². The van der Waals surface area contributed by atoms with E-state index in [1.165, 1.54) is 30.4 Å². The number of aliphatic hydroxyl groups excluding tert-OH is 4. The van der Waals surface area contributed by atoms with Crippen molar-refractivity contribution >= 4 is 23.3 Å². The number of Topliss-reactive ketones (excluding diaryl/α,β-unsaturated/α-hetero) is 1. The number of hydrogen-bond acceptors (Lipinski definition) is 16. The second-order valence-electron chi connectivity index (χ2n) is 12.8. The number of carbonyl (C=O) groups excluding carboxylic acids is 4. The summed E-state index contributed by atoms with van der Waals surface area (Å²) >= 11 is 0. The van der Waals surface area contributed by atoms with Gasteiger partial charge in [-0.15, -0.1) is 0 Å². The highest BCUT2D eigenvalue weighted by Crippen LogP contribution is 2.52. The Morgan fingerprint density at radius 2 is 1.80 bits per heavy atom. The first-order chi connectivity index (χ1) is 24.3. The lowest BCUT2D eigenvalue weighted by atomic mass is 9.71. The molecule has 2 aliphatic carbocycles. The van der Waals surface area contributed by atoms with Crippen molar-refractivity contribution in [1.82, 2.24) is 10.4 Å². The minimum absolute atomic E-state index is 0.108. The summed E-state index contributed by atoms with van der Waals surface area (Å²) in [6.07, 6.45) is -4.16. The fraction of sp³-hybridized carbons (Fsp3) is 0.471. The number of hydrogen-bond donors (Lipinski definition) is 8. The van der Waals surface area contributed by atoms with E-state index in [1.807, 2.05) is 0 Å². The zero-order chi connectivity index (χ0) is 36.8. The van der Waals surface area contributed by atoms with Crippen molar-refractivity contribution in [3.8, 4) is 11.5 Å². The maximum atomic E-state index is 13.8. The molecule has 2 aliphatic heterocycles. The first kappa shape index (κ1) is 36.3. The third kappa shape index (κ3) is 6.58. The van der Waals surface area contributed by atoms with E-state index >= 15 is 0 Å². The number of hydroxylamine groups is 2. The minimum atomic E-state index is -2.37. The number of amides is 1. The topological polar surface area (TPSA) is 262 Å². The van der Waals surface area contributed by atoms with Crippen molar-refractivity contribution in [1.29, 1.82) is 0 Å². The quantitative estimate of drug-likeness (QED) is 0.0986. The third-order valence-electron chi connectivity index (χ3n) is 9.68. The number of fused-ring (bicyclic) bond motifs is 3. The highest BCUT2D eigenvalue weighted by Gasteiger charge is 2.50. The van der Waals surface area contributed by atoms with Gasteiger partial charge in [0.15, 0.2) is 17.3 Å². The molecule has 6 atom stereocenters. The molecule has 274 valence electrons. The Bertz CT molecular complexity index is 1790. The van der Waals surface area contributed by atoms with E-state index in [1.54, 1.807) is 0 Å². The predicted octanol–water partition coefficient (Wildman–Crippen LogP) is -0.347. The van der Waals surface area contributed by atoms with E-state index in [2.05, 4.69) is 5.32 Å². The van der Waals surface area contributed by atoms with Gasteiger partial charge >= 0.3 is 0 Å². The molecule has 4 aliphatic rings. The molecular formula is C34H38N2O15. The number of aliphatic hydroxyl groups is 5. The maximum absolute atomic E-state index is 13.8. The van der Waals surface area contributed by atoms with Crippen molar-refractivity contribution < 1.29 is 74.0 Å². The van der Waals surface area contributed by atoms with Gasteiger partial charge in [-0.05, 0) is 12.0 Å². The number of ether oxygens (including phenoxy) is 3. The van der Waals surface area contributed by atoms with Gasteiger partial charge < -0.3 is 55.3 Å². The molecule has 0 bridgehead atoms. The van der Waals surface area contributed by atoms with E-state index in [-0.39, 0.29) is 59.6 Å². The lowest BCUT2D eigenvalue weighted by Gasteiger charge is -2.40. The summed E-state index contributed by atoms with van der Waals surface area (Å²) in [5.74, 6) is -5.33. The fourth-order valence-corrected chi connectivity index (χ4v) is 7.08. The molecule has 51 heavy (non-hydrogen) atoms. The largest absolute Gasteiger partial charge is 0.507 e. The molecule has 0 spiro atoms. The Kier molecular flexibility index (Phi) is 10.2. The highest BCUT2D eigenvalue weighted by molar-refractivity contribution is 6.31. The first-order valence-corrected chi connectivity index (χ1v) is 16.2. The van der Waals surface area contributed by atoms with Gasteiger partial charge in [-0.1, -0.05) is 18.2 Å². The molecule has 0 aromatic heterocycles. The van der Waals surface area contributed by atoms with Gasteiger partial charge in [-0.3, -0.25) is 24.0 Å². The van der Waals surface area contributed by atoms with Gasteiger partial charge in [0.1, 0.15) is 48.5 Å². The van der Waals surface area contributed by atoms with Gasteiger partial charge in [-0.25, -0.2) is 0 Å². The number of nitrogens with zero attached hydrogens (tertiary/aromatic N) is 1. The number of rotatable bonds is 10. The lowest BCUT2D eigenvalue weighted by Crippen LogP contribution is -2.50. The van der Waals surface area contributed by atoms with Gasteiger partial charge in [0.2, 0.25) is 12.2 Å². The van der Waals surface area contributed by atoms with E-state index in [0.29, 0.717) is 6.42 Å². The Balaban J connectivity index is 1.30. The molecule has 1 saturated heterocycles. The third-order valence-corrected chi connectivity index (χ3v) is 9.68. The van der Waals surface area contributed by atoms with Crippen LogP contribution in [0.3, 0.4) is 0 Å². The van der Waals surface area contributed by atoms with Crippen LogP contribution in [0.5, 0.6) is 11.5 Å². The molecule has 6 rings (SSSR count). The Morgan fingerprint density at radius 3 is 2.49 bits per heavy atom. The van der Waals surface area contributed by atoms with E-state index in [0.717, 1.165) is 6.26 Å². The molecule has 2 heterocycles. The summed E-state index contributed by atoms with van der Waals surface area (Å²) in [4.78, 5) is 58.6. The summed E-state index contributed by atoms with van der Waals surface area (Å²) in [5, 5.41) is 78.5. The van der Waals surface area contributed by atoms with Crippen LogP contribution < -0.4 is 5.32 Å². The average Bonchev–Trinajstić information content (AvgIpc) is 3.11. The van der Waals surface area contributed by atoms with Crippen LogP contribution in [-0.4, -0.2) is 121 Å². The number of benzene rings is 2. The normalized spacial score (nSPS) is 27.2. The van der Waals surface area contributed by atoms with Gasteiger partial charge in [-0.2, -0.15) is 5.06 Å². The molecule has 0 saturated carbocycles. The summed E-state index contributed by atoms with van der Waals surface area (Å²) in [7, 11) is 1.33. The molecule has 2 aromatic carbocycles. The SMILES string of the molecule is CON(CC(=O)N[C@@H]1C[C@H](O[C@H]2C[C@](O)(C(=O)CO)Cc3c(O)c4c(c(O)c32)C(=O)c2c(CO)cccc2C4=O)OC=C1O)[C@H]1CC(O)CCO1. The molecule has 17 nitrogen and oxygen atoms in total.